The van der Waals surface area contributed by atoms with Crippen LogP contribution in [0.25, 0.3) is 10.7 Å². The van der Waals surface area contributed by atoms with Gasteiger partial charge in [-0.2, -0.15) is 0 Å². The van der Waals surface area contributed by atoms with E-state index in [1.54, 1.807) is 11.3 Å². The summed E-state index contributed by atoms with van der Waals surface area (Å²) >= 11 is 1.62. The first-order chi connectivity index (χ1) is 10.2. The Morgan fingerprint density at radius 3 is 2.67 bits per heavy atom. The van der Waals surface area contributed by atoms with Crippen LogP contribution in [0.15, 0.2) is 54.0 Å². The molecule has 0 spiro atoms. The SMILES string of the molecule is Cc1ccc(-c2nc(CC(N)c3ccccc3)cs2)nc1. The van der Waals surface area contributed by atoms with Crippen molar-refractivity contribution in [3.63, 3.8) is 0 Å². The van der Waals surface area contributed by atoms with Crippen molar-refractivity contribution in [2.45, 2.75) is 19.4 Å². The quantitative estimate of drug-likeness (QED) is 0.797. The average molecular weight is 295 g/mol. The van der Waals surface area contributed by atoms with Gasteiger partial charge in [0.25, 0.3) is 0 Å². The number of hydrogen-bond donors (Lipinski definition) is 1. The molecule has 2 aromatic heterocycles. The van der Waals surface area contributed by atoms with Crippen molar-refractivity contribution in [2.75, 3.05) is 0 Å². The second-order valence-corrected chi connectivity index (χ2v) is 5.94. The molecular weight excluding hydrogens is 278 g/mol. The van der Waals surface area contributed by atoms with E-state index in [0.29, 0.717) is 0 Å². The smallest absolute Gasteiger partial charge is 0.142 e. The zero-order chi connectivity index (χ0) is 14.7. The Kier molecular flexibility index (Phi) is 4.08. The Bertz CT molecular complexity index is 704. The topological polar surface area (TPSA) is 51.8 Å². The molecule has 2 N–H and O–H groups in total. The van der Waals surface area contributed by atoms with Gasteiger partial charge in [-0.1, -0.05) is 36.4 Å². The van der Waals surface area contributed by atoms with Crippen molar-refractivity contribution in [3.05, 3.63) is 70.9 Å². The first-order valence-electron chi connectivity index (χ1n) is 6.90. The third kappa shape index (κ3) is 3.35. The summed E-state index contributed by atoms with van der Waals surface area (Å²) in [5.41, 5.74) is 10.5. The van der Waals surface area contributed by atoms with Crippen LogP contribution in [0.5, 0.6) is 0 Å². The van der Waals surface area contributed by atoms with E-state index in [0.717, 1.165) is 33.9 Å². The number of aromatic nitrogens is 2. The molecule has 0 aliphatic heterocycles. The van der Waals surface area contributed by atoms with Gasteiger partial charge >= 0.3 is 0 Å². The minimum absolute atomic E-state index is 0.0212. The maximum atomic E-state index is 6.24. The molecule has 1 aromatic carbocycles. The van der Waals surface area contributed by atoms with Gasteiger partial charge in [0, 0.05) is 24.0 Å². The number of pyridine rings is 1. The zero-order valence-electron chi connectivity index (χ0n) is 11.9. The van der Waals surface area contributed by atoms with Crippen molar-refractivity contribution in [2.24, 2.45) is 5.73 Å². The van der Waals surface area contributed by atoms with E-state index in [1.807, 2.05) is 37.4 Å². The number of nitrogens with two attached hydrogens (primary N) is 1. The first kappa shape index (κ1) is 13.9. The predicted octanol–water partition coefficient (Wildman–Crippen LogP) is 3.76. The summed E-state index contributed by atoms with van der Waals surface area (Å²) in [6, 6.07) is 14.2. The van der Waals surface area contributed by atoms with Gasteiger partial charge in [0.15, 0.2) is 0 Å². The highest BCUT2D eigenvalue weighted by atomic mass is 32.1. The molecule has 0 fully saturated rings. The van der Waals surface area contributed by atoms with Crippen molar-refractivity contribution in [1.82, 2.24) is 9.97 Å². The van der Waals surface area contributed by atoms with E-state index in [1.165, 1.54) is 0 Å². The van der Waals surface area contributed by atoms with E-state index in [2.05, 4.69) is 33.5 Å². The van der Waals surface area contributed by atoms with E-state index in [-0.39, 0.29) is 6.04 Å². The molecule has 1 atom stereocenters. The molecule has 0 amide bonds. The Labute approximate surface area is 128 Å². The fourth-order valence-electron chi connectivity index (χ4n) is 2.16. The van der Waals surface area contributed by atoms with E-state index >= 15 is 0 Å². The molecule has 0 saturated carbocycles. The Balaban J connectivity index is 1.75. The predicted molar refractivity (Wildman–Crippen MR) is 87.2 cm³/mol. The van der Waals surface area contributed by atoms with Crippen LogP contribution in [-0.2, 0) is 6.42 Å². The molecule has 2 heterocycles. The molecular formula is C17H17N3S. The average Bonchev–Trinajstić information content (AvgIpc) is 2.97. The number of hydrogen-bond acceptors (Lipinski definition) is 4. The maximum Gasteiger partial charge on any atom is 0.142 e. The molecule has 1 unspecified atom stereocenters. The van der Waals surface area contributed by atoms with E-state index < -0.39 is 0 Å². The van der Waals surface area contributed by atoms with Gasteiger partial charge < -0.3 is 5.73 Å². The molecule has 0 aliphatic carbocycles. The maximum absolute atomic E-state index is 6.24. The van der Waals surface area contributed by atoms with Gasteiger partial charge in [-0.05, 0) is 24.1 Å². The summed E-state index contributed by atoms with van der Waals surface area (Å²) in [7, 11) is 0. The molecule has 0 bridgehead atoms. The van der Waals surface area contributed by atoms with Crippen LogP contribution in [0.3, 0.4) is 0 Å². The zero-order valence-corrected chi connectivity index (χ0v) is 12.7. The number of thiazole rings is 1. The van der Waals surface area contributed by atoms with E-state index in [4.69, 9.17) is 5.73 Å². The molecule has 0 saturated heterocycles. The van der Waals surface area contributed by atoms with Crippen LogP contribution in [0, 0.1) is 6.92 Å². The highest BCUT2D eigenvalue weighted by Crippen LogP contribution is 2.24. The molecule has 0 aliphatic rings. The molecule has 3 rings (SSSR count). The van der Waals surface area contributed by atoms with Crippen LogP contribution >= 0.6 is 11.3 Å². The lowest BCUT2D eigenvalue weighted by Gasteiger charge is -2.09. The highest BCUT2D eigenvalue weighted by Gasteiger charge is 2.11. The molecule has 21 heavy (non-hydrogen) atoms. The van der Waals surface area contributed by atoms with Gasteiger partial charge in [-0.3, -0.25) is 4.98 Å². The monoisotopic (exact) mass is 295 g/mol. The van der Waals surface area contributed by atoms with Crippen LogP contribution in [0.4, 0.5) is 0 Å². The summed E-state index contributed by atoms with van der Waals surface area (Å²) in [4.78, 5) is 9.07. The first-order valence-corrected chi connectivity index (χ1v) is 7.78. The number of rotatable bonds is 4. The van der Waals surface area contributed by atoms with Crippen molar-refractivity contribution in [1.29, 1.82) is 0 Å². The third-order valence-electron chi connectivity index (χ3n) is 3.34. The van der Waals surface area contributed by atoms with Crippen LogP contribution in [-0.4, -0.2) is 9.97 Å². The summed E-state index contributed by atoms with van der Waals surface area (Å²) in [5.74, 6) is 0. The highest BCUT2D eigenvalue weighted by molar-refractivity contribution is 7.13. The normalized spacial score (nSPS) is 12.3. The van der Waals surface area contributed by atoms with Crippen molar-refractivity contribution < 1.29 is 0 Å². The van der Waals surface area contributed by atoms with Gasteiger partial charge in [0.2, 0.25) is 0 Å². The molecule has 3 nitrogen and oxygen atoms in total. The van der Waals surface area contributed by atoms with Crippen molar-refractivity contribution >= 4 is 11.3 Å². The van der Waals surface area contributed by atoms with Gasteiger partial charge in [-0.15, -0.1) is 11.3 Å². The number of aryl methyl sites for hydroxylation is 1. The summed E-state index contributed by atoms with van der Waals surface area (Å²) in [6.45, 7) is 2.03. The largest absolute Gasteiger partial charge is 0.324 e. The Hall–Kier alpha value is -2.04. The fraction of sp³-hybridized carbons (Fsp3) is 0.176. The summed E-state index contributed by atoms with van der Waals surface area (Å²) in [6.07, 6.45) is 2.61. The fourth-order valence-corrected chi connectivity index (χ4v) is 2.96. The lowest BCUT2D eigenvalue weighted by molar-refractivity contribution is 0.710. The summed E-state index contributed by atoms with van der Waals surface area (Å²) < 4.78 is 0. The Morgan fingerprint density at radius 1 is 1.14 bits per heavy atom. The minimum Gasteiger partial charge on any atom is -0.324 e. The molecule has 4 heteroatoms. The van der Waals surface area contributed by atoms with Gasteiger partial charge in [-0.25, -0.2) is 4.98 Å². The van der Waals surface area contributed by atoms with Gasteiger partial charge in [0.05, 0.1) is 11.4 Å². The summed E-state index contributed by atoms with van der Waals surface area (Å²) in [5, 5.41) is 3.02. The standard InChI is InChI=1S/C17H17N3S/c1-12-7-8-16(19-10-12)17-20-14(11-21-17)9-15(18)13-5-3-2-4-6-13/h2-8,10-11,15H,9,18H2,1H3. The van der Waals surface area contributed by atoms with Gasteiger partial charge in [0.1, 0.15) is 5.01 Å². The lowest BCUT2D eigenvalue weighted by Crippen LogP contribution is -2.13. The lowest BCUT2D eigenvalue weighted by atomic mass is 10.0. The Morgan fingerprint density at radius 2 is 1.95 bits per heavy atom. The van der Waals surface area contributed by atoms with Crippen molar-refractivity contribution in [3.8, 4) is 10.7 Å². The third-order valence-corrected chi connectivity index (χ3v) is 4.25. The van der Waals surface area contributed by atoms with Crippen LogP contribution < -0.4 is 5.73 Å². The number of nitrogens with zero attached hydrogens (tertiary/aromatic N) is 2. The van der Waals surface area contributed by atoms with E-state index in [9.17, 15) is 0 Å². The van der Waals surface area contributed by atoms with Crippen LogP contribution in [0.2, 0.25) is 0 Å². The van der Waals surface area contributed by atoms with Crippen LogP contribution in [0.1, 0.15) is 22.9 Å². The second kappa shape index (κ2) is 6.16. The molecule has 3 aromatic rings. The number of benzene rings is 1. The molecule has 106 valence electrons. The molecule has 0 radical (unpaired) electrons. The second-order valence-electron chi connectivity index (χ2n) is 5.09. The minimum atomic E-state index is -0.0212.